The van der Waals surface area contributed by atoms with Crippen LogP contribution in [0.5, 0.6) is 5.75 Å². The van der Waals surface area contributed by atoms with E-state index in [-0.39, 0.29) is 17.4 Å². The van der Waals surface area contributed by atoms with Gasteiger partial charge in [-0.1, -0.05) is 60.7 Å². The minimum absolute atomic E-state index is 0.0199. The van der Waals surface area contributed by atoms with Crippen molar-refractivity contribution in [2.45, 2.75) is 50.7 Å². The molecule has 0 radical (unpaired) electrons. The maximum Gasteiger partial charge on any atom is 0.339 e. The molecule has 1 saturated carbocycles. The third kappa shape index (κ3) is 5.32. The molecule has 2 aromatic heterocycles. The van der Waals surface area contributed by atoms with Gasteiger partial charge in [0.2, 0.25) is 0 Å². The van der Waals surface area contributed by atoms with E-state index in [1.165, 1.54) is 17.3 Å². The highest BCUT2D eigenvalue weighted by Gasteiger charge is 2.46. The summed E-state index contributed by atoms with van der Waals surface area (Å²) in [6.07, 6.45) is 5.19. The third-order valence-electron chi connectivity index (χ3n) is 8.68. The molecule has 43 heavy (non-hydrogen) atoms. The topological polar surface area (TPSA) is 98.3 Å². The summed E-state index contributed by atoms with van der Waals surface area (Å²) in [7, 11) is 1.84. The lowest BCUT2D eigenvalue weighted by molar-refractivity contribution is 0.0695. The second kappa shape index (κ2) is 11.1. The van der Waals surface area contributed by atoms with Crippen molar-refractivity contribution in [3.05, 3.63) is 113 Å². The standard InChI is InChI=1S/C34H34N6O3/c1-3-26-21-43-32-13-5-4-9-25(32)19-39(26)18-22-8-6-10-23(14-22)24-11-7-12-27(15-24)40-33(30(17-35-40)34(41)42)29-16-28(29)31-20-38(2)37-36-31/h4-15,17,20,26,28-29H,3,16,18-19,21H2,1-2H3,(H,41,42)/t26?,28-,29?/m0/s1. The number of nitrogens with zero attached hydrogens (tertiary/aromatic N) is 6. The Morgan fingerprint density at radius 2 is 1.84 bits per heavy atom. The van der Waals surface area contributed by atoms with Gasteiger partial charge in [-0.3, -0.25) is 9.58 Å². The molecule has 1 aliphatic heterocycles. The van der Waals surface area contributed by atoms with Gasteiger partial charge < -0.3 is 9.84 Å². The van der Waals surface area contributed by atoms with Gasteiger partial charge in [0.1, 0.15) is 17.9 Å². The molecule has 5 aromatic rings. The Kier molecular flexibility index (Phi) is 7.02. The molecule has 0 saturated heterocycles. The van der Waals surface area contributed by atoms with Gasteiger partial charge in [0.15, 0.2) is 0 Å². The first-order valence-corrected chi connectivity index (χ1v) is 14.8. The number of aromatic nitrogens is 5. The SMILES string of the molecule is CCC1COc2ccccc2CN1Cc1cccc(-c2cccc(-n3ncc(C(=O)O)c3C3C[C@@H]3c3cn(C)nn3)c2)c1. The number of carboxylic acid groups (broad SMARTS) is 1. The zero-order chi connectivity index (χ0) is 29.5. The molecule has 0 bridgehead atoms. The minimum atomic E-state index is -0.971. The van der Waals surface area contributed by atoms with Gasteiger partial charge in [-0.2, -0.15) is 5.10 Å². The van der Waals surface area contributed by atoms with Crippen LogP contribution in [0.3, 0.4) is 0 Å². The molecule has 2 unspecified atom stereocenters. The highest BCUT2D eigenvalue weighted by atomic mass is 16.5. The first-order chi connectivity index (χ1) is 21.0. The predicted molar refractivity (Wildman–Crippen MR) is 162 cm³/mol. The normalized spacial score (nSPS) is 19.8. The lowest BCUT2D eigenvalue weighted by atomic mass is 10.0. The van der Waals surface area contributed by atoms with E-state index in [2.05, 4.69) is 81.8 Å². The highest BCUT2D eigenvalue weighted by molar-refractivity contribution is 5.89. The molecule has 1 aliphatic carbocycles. The van der Waals surface area contributed by atoms with E-state index in [1.807, 2.05) is 31.4 Å². The summed E-state index contributed by atoms with van der Waals surface area (Å²) >= 11 is 0. The summed E-state index contributed by atoms with van der Waals surface area (Å²) in [6.45, 7) is 4.56. The van der Waals surface area contributed by atoms with Crippen LogP contribution in [0.15, 0.2) is 85.2 Å². The van der Waals surface area contributed by atoms with Crippen molar-refractivity contribution in [1.29, 1.82) is 0 Å². The summed E-state index contributed by atoms with van der Waals surface area (Å²) < 4.78 is 9.62. The van der Waals surface area contributed by atoms with Gasteiger partial charge in [-0.25, -0.2) is 9.48 Å². The van der Waals surface area contributed by atoms with E-state index >= 15 is 0 Å². The van der Waals surface area contributed by atoms with Crippen molar-refractivity contribution >= 4 is 5.97 Å². The van der Waals surface area contributed by atoms with E-state index in [9.17, 15) is 9.90 Å². The maximum absolute atomic E-state index is 12.2. The summed E-state index contributed by atoms with van der Waals surface area (Å²) in [5.74, 6) is 0.158. The maximum atomic E-state index is 12.2. The van der Waals surface area contributed by atoms with Crippen LogP contribution in [0.1, 0.15) is 64.5 Å². The van der Waals surface area contributed by atoms with Crippen molar-refractivity contribution in [2.24, 2.45) is 7.05 Å². The fraction of sp³-hybridized carbons (Fsp3) is 0.294. The first-order valence-electron chi connectivity index (χ1n) is 14.8. The van der Waals surface area contributed by atoms with E-state index in [4.69, 9.17) is 4.74 Å². The smallest absolute Gasteiger partial charge is 0.339 e. The van der Waals surface area contributed by atoms with Gasteiger partial charge in [-0.15, -0.1) is 5.10 Å². The average Bonchev–Trinajstić information content (AvgIpc) is 3.54. The summed E-state index contributed by atoms with van der Waals surface area (Å²) in [5, 5.41) is 22.9. The van der Waals surface area contributed by atoms with Crippen LogP contribution < -0.4 is 4.74 Å². The number of para-hydroxylation sites is 1. The quantitative estimate of drug-likeness (QED) is 0.250. The average molecular weight is 575 g/mol. The highest BCUT2D eigenvalue weighted by Crippen LogP contribution is 2.55. The molecule has 9 heteroatoms. The van der Waals surface area contributed by atoms with Gasteiger partial charge >= 0.3 is 5.97 Å². The molecule has 1 N–H and O–H groups in total. The molecule has 1 fully saturated rings. The molecule has 0 spiro atoms. The number of hydrogen-bond acceptors (Lipinski definition) is 6. The van der Waals surface area contributed by atoms with Crippen LogP contribution in [0, 0.1) is 0 Å². The number of fused-ring (bicyclic) bond motifs is 1. The Morgan fingerprint density at radius 1 is 1.02 bits per heavy atom. The Balaban J connectivity index is 1.17. The van der Waals surface area contributed by atoms with Gasteiger partial charge in [0, 0.05) is 49.8 Å². The zero-order valence-corrected chi connectivity index (χ0v) is 24.3. The van der Waals surface area contributed by atoms with E-state index in [1.54, 1.807) is 9.36 Å². The second-order valence-electron chi connectivity index (χ2n) is 11.6. The monoisotopic (exact) mass is 574 g/mol. The molecule has 7 rings (SSSR count). The number of hydrogen-bond donors (Lipinski definition) is 1. The Bertz CT molecular complexity index is 1790. The molecule has 9 nitrogen and oxygen atoms in total. The van der Waals surface area contributed by atoms with E-state index < -0.39 is 5.97 Å². The van der Waals surface area contributed by atoms with Crippen molar-refractivity contribution in [2.75, 3.05) is 6.61 Å². The van der Waals surface area contributed by atoms with Gasteiger partial charge in [0.25, 0.3) is 0 Å². The summed E-state index contributed by atoms with van der Waals surface area (Å²) in [5.41, 5.74) is 7.27. The van der Waals surface area contributed by atoms with Crippen LogP contribution >= 0.6 is 0 Å². The predicted octanol–water partition coefficient (Wildman–Crippen LogP) is 5.81. The summed E-state index contributed by atoms with van der Waals surface area (Å²) in [6, 6.07) is 25.5. The molecule has 3 aromatic carbocycles. The van der Waals surface area contributed by atoms with Crippen molar-refractivity contribution in [1.82, 2.24) is 29.7 Å². The fourth-order valence-corrected chi connectivity index (χ4v) is 6.32. The third-order valence-corrected chi connectivity index (χ3v) is 8.68. The number of rotatable bonds is 8. The lowest BCUT2D eigenvalue weighted by Gasteiger charge is -2.28. The largest absolute Gasteiger partial charge is 0.492 e. The molecular formula is C34H34N6O3. The number of ether oxygens (including phenoxy) is 1. The van der Waals surface area contributed by atoms with Crippen LogP contribution in [0.4, 0.5) is 0 Å². The fourth-order valence-electron chi connectivity index (χ4n) is 6.32. The number of aromatic carboxylic acids is 1. The van der Waals surface area contributed by atoms with Crippen LogP contribution in [-0.2, 0) is 20.1 Å². The molecule has 3 atom stereocenters. The van der Waals surface area contributed by atoms with Gasteiger partial charge in [0.05, 0.1) is 23.3 Å². The Hall–Kier alpha value is -4.76. The molecule has 2 aliphatic rings. The van der Waals surface area contributed by atoms with Crippen LogP contribution in [0.2, 0.25) is 0 Å². The Labute approximate surface area is 250 Å². The molecule has 218 valence electrons. The Morgan fingerprint density at radius 3 is 2.63 bits per heavy atom. The van der Waals surface area contributed by atoms with Crippen LogP contribution in [-0.4, -0.2) is 53.4 Å². The van der Waals surface area contributed by atoms with Crippen molar-refractivity contribution in [3.63, 3.8) is 0 Å². The first kappa shape index (κ1) is 27.1. The summed E-state index contributed by atoms with van der Waals surface area (Å²) in [4.78, 5) is 14.7. The zero-order valence-electron chi connectivity index (χ0n) is 24.3. The van der Waals surface area contributed by atoms with Crippen molar-refractivity contribution in [3.8, 4) is 22.6 Å². The number of aryl methyl sites for hydroxylation is 1. The van der Waals surface area contributed by atoms with Crippen LogP contribution in [0.25, 0.3) is 16.8 Å². The minimum Gasteiger partial charge on any atom is -0.492 e. The van der Waals surface area contributed by atoms with E-state index in [0.29, 0.717) is 18.3 Å². The molecule has 0 amide bonds. The van der Waals surface area contributed by atoms with E-state index in [0.717, 1.165) is 54.2 Å². The second-order valence-corrected chi connectivity index (χ2v) is 11.6. The number of carbonyl (C=O) groups is 1. The number of benzene rings is 3. The number of carboxylic acids is 1. The van der Waals surface area contributed by atoms with Crippen molar-refractivity contribution < 1.29 is 14.6 Å². The lowest BCUT2D eigenvalue weighted by Crippen LogP contribution is -2.36. The molecular weight excluding hydrogens is 540 g/mol. The van der Waals surface area contributed by atoms with Gasteiger partial charge in [-0.05, 0) is 53.8 Å². The molecule has 3 heterocycles.